The van der Waals surface area contributed by atoms with Crippen molar-refractivity contribution in [1.82, 2.24) is 5.32 Å². The van der Waals surface area contributed by atoms with Crippen LogP contribution in [0.5, 0.6) is 0 Å². The Balaban J connectivity index is 1.48. The molecule has 0 bridgehead atoms. The summed E-state index contributed by atoms with van der Waals surface area (Å²) in [4.78, 5) is 0. The van der Waals surface area contributed by atoms with Crippen molar-refractivity contribution in [2.75, 3.05) is 0 Å². The molecule has 1 nitrogen and oxygen atoms in total. The van der Waals surface area contributed by atoms with Gasteiger partial charge in [0.1, 0.15) is 11.6 Å². The Hall–Kier alpha value is -1.74. The SMILES string of the molecule is Fc1ccccc1CC[C@H]1CCC[C@@H](CCc2ccccc2F)N1. The predicted octanol–water partition coefficient (Wildman–Crippen LogP) is 5.04. The smallest absolute Gasteiger partial charge is 0.126 e. The van der Waals surface area contributed by atoms with Crippen molar-refractivity contribution in [3.05, 3.63) is 71.3 Å². The van der Waals surface area contributed by atoms with E-state index in [4.69, 9.17) is 0 Å². The lowest BCUT2D eigenvalue weighted by atomic mass is 9.91. The Morgan fingerprint density at radius 1 is 0.750 bits per heavy atom. The zero-order valence-corrected chi connectivity index (χ0v) is 14.0. The minimum absolute atomic E-state index is 0.107. The van der Waals surface area contributed by atoms with E-state index in [1.165, 1.54) is 18.6 Å². The highest BCUT2D eigenvalue weighted by Crippen LogP contribution is 2.21. The Labute approximate surface area is 143 Å². The number of nitrogens with one attached hydrogen (secondary N) is 1. The van der Waals surface area contributed by atoms with Gasteiger partial charge in [-0.25, -0.2) is 8.78 Å². The molecular weight excluding hydrogens is 304 g/mol. The van der Waals surface area contributed by atoms with E-state index in [0.717, 1.165) is 49.7 Å². The molecule has 0 spiro atoms. The third kappa shape index (κ3) is 4.64. The largest absolute Gasteiger partial charge is 0.311 e. The first-order valence-corrected chi connectivity index (χ1v) is 8.95. The molecule has 1 heterocycles. The van der Waals surface area contributed by atoms with E-state index in [9.17, 15) is 8.78 Å². The Bertz CT molecular complexity index is 600. The lowest BCUT2D eigenvalue weighted by molar-refractivity contribution is 0.295. The number of hydrogen-bond acceptors (Lipinski definition) is 1. The molecule has 1 aliphatic rings. The van der Waals surface area contributed by atoms with Gasteiger partial charge in [-0.05, 0) is 61.8 Å². The van der Waals surface area contributed by atoms with Crippen LogP contribution in [-0.4, -0.2) is 12.1 Å². The number of piperidine rings is 1. The van der Waals surface area contributed by atoms with Gasteiger partial charge >= 0.3 is 0 Å². The predicted molar refractivity (Wildman–Crippen MR) is 94.0 cm³/mol. The Morgan fingerprint density at radius 2 is 1.21 bits per heavy atom. The molecule has 0 amide bonds. The van der Waals surface area contributed by atoms with E-state index in [2.05, 4.69) is 5.32 Å². The summed E-state index contributed by atoms with van der Waals surface area (Å²) in [5, 5.41) is 3.69. The molecule has 3 heteroatoms. The lowest BCUT2D eigenvalue weighted by Gasteiger charge is -2.31. The van der Waals surface area contributed by atoms with Crippen LogP contribution >= 0.6 is 0 Å². The van der Waals surface area contributed by atoms with Crippen molar-refractivity contribution < 1.29 is 8.78 Å². The summed E-state index contributed by atoms with van der Waals surface area (Å²) in [6.07, 6.45) is 6.93. The van der Waals surface area contributed by atoms with Gasteiger partial charge in [0.25, 0.3) is 0 Å². The van der Waals surface area contributed by atoms with Crippen molar-refractivity contribution in [3.8, 4) is 0 Å². The van der Waals surface area contributed by atoms with Crippen LogP contribution in [0.15, 0.2) is 48.5 Å². The summed E-state index contributed by atoms with van der Waals surface area (Å²) in [7, 11) is 0. The molecule has 128 valence electrons. The summed E-state index contributed by atoms with van der Waals surface area (Å²) < 4.78 is 27.4. The normalized spacial score (nSPS) is 20.9. The molecule has 0 unspecified atom stereocenters. The topological polar surface area (TPSA) is 12.0 Å². The first kappa shape index (κ1) is 17.1. The molecule has 1 fully saturated rings. The average Bonchev–Trinajstić information content (AvgIpc) is 2.61. The first-order chi connectivity index (χ1) is 11.7. The van der Waals surface area contributed by atoms with Crippen molar-refractivity contribution >= 4 is 0 Å². The second-order valence-electron chi connectivity index (χ2n) is 6.75. The van der Waals surface area contributed by atoms with Crippen LogP contribution in [0.1, 0.15) is 43.2 Å². The quantitative estimate of drug-likeness (QED) is 0.783. The van der Waals surface area contributed by atoms with E-state index in [1.807, 2.05) is 24.3 Å². The second-order valence-corrected chi connectivity index (χ2v) is 6.75. The molecule has 0 saturated carbocycles. The number of benzene rings is 2. The van der Waals surface area contributed by atoms with Crippen LogP contribution in [0, 0.1) is 11.6 Å². The molecular formula is C21H25F2N. The van der Waals surface area contributed by atoms with E-state index in [-0.39, 0.29) is 11.6 Å². The average molecular weight is 329 g/mol. The maximum absolute atomic E-state index is 13.7. The van der Waals surface area contributed by atoms with Crippen LogP contribution in [0.4, 0.5) is 8.78 Å². The van der Waals surface area contributed by atoms with Crippen molar-refractivity contribution in [2.24, 2.45) is 0 Å². The van der Waals surface area contributed by atoms with Crippen LogP contribution in [0.2, 0.25) is 0 Å². The lowest BCUT2D eigenvalue weighted by Crippen LogP contribution is -2.42. The zero-order chi connectivity index (χ0) is 16.8. The maximum atomic E-state index is 13.7. The van der Waals surface area contributed by atoms with Gasteiger partial charge in [0.05, 0.1) is 0 Å². The van der Waals surface area contributed by atoms with Crippen molar-refractivity contribution in [2.45, 2.75) is 57.0 Å². The maximum Gasteiger partial charge on any atom is 0.126 e. The van der Waals surface area contributed by atoms with Crippen LogP contribution < -0.4 is 5.32 Å². The highest BCUT2D eigenvalue weighted by Gasteiger charge is 2.21. The molecule has 1 aliphatic heterocycles. The summed E-state index contributed by atoms with van der Waals surface area (Å²) in [5.41, 5.74) is 1.60. The summed E-state index contributed by atoms with van der Waals surface area (Å²) >= 11 is 0. The highest BCUT2D eigenvalue weighted by atomic mass is 19.1. The van der Waals surface area contributed by atoms with Gasteiger partial charge in [-0.15, -0.1) is 0 Å². The van der Waals surface area contributed by atoms with Gasteiger partial charge in [0.15, 0.2) is 0 Å². The van der Waals surface area contributed by atoms with Gasteiger partial charge in [-0.3, -0.25) is 0 Å². The number of rotatable bonds is 6. The van der Waals surface area contributed by atoms with Gasteiger partial charge in [0.2, 0.25) is 0 Å². The first-order valence-electron chi connectivity index (χ1n) is 8.95. The molecule has 2 aromatic rings. The minimum atomic E-state index is -0.107. The summed E-state index contributed by atoms with van der Waals surface area (Å²) in [5.74, 6) is -0.214. The van der Waals surface area contributed by atoms with E-state index in [1.54, 1.807) is 12.1 Å². The molecule has 24 heavy (non-hydrogen) atoms. The number of halogens is 2. The van der Waals surface area contributed by atoms with E-state index >= 15 is 0 Å². The van der Waals surface area contributed by atoms with Crippen LogP contribution in [0.25, 0.3) is 0 Å². The molecule has 2 aromatic carbocycles. The van der Waals surface area contributed by atoms with Gasteiger partial charge < -0.3 is 5.32 Å². The minimum Gasteiger partial charge on any atom is -0.311 e. The van der Waals surface area contributed by atoms with Gasteiger partial charge in [-0.1, -0.05) is 42.8 Å². The highest BCUT2D eigenvalue weighted by molar-refractivity contribution is 5.18. The third-order valence-electron chi connectivity index (χ3n) is 5.02. The Morgan fingerprint density at radius 3 is 1.67 bits per heavy atom. The van der Waals surface area contributed by atoms with E-state index in [0.29, 0.717) is 12.1 Å². The molecule has 2 atom stereocenters. The standard InChI is InChI=1S/C21H25F2N/c22-20-10-3-1-6-16(20)12-14-18-8-5-9-19(24-18)15-13-17-7-2-4-11-21(17)23/h1-4,6-7,10-11,18-19,24H,5,8-9,12-15H2/t18-,19+. The van der Waals surface area contributed by atoms with Crippen LogP contribution in [0.3, 0.4) is 0 Å². The van der Waals surface area contributed by atoms with Crippen molar-refractivity contribution in [1.29, 1.82) is 0 Å². The molecule has 3 rings (SSSR count). The molecule has 0 aliphatic carbocycles. The third-order valence-corrected chi connectivity index (χ3v) is 5.02. The number of hydrogen-bond donors (Lipinski definition) is 1. The monoisotopic (exact) mass is 329 g/mol. The Kier molecular flexibility index (Phi) is 5.97. The fourth-order valence-corrected chi connectivity index (χ4v) is 3.63. The van der Waals surface area contributed by atoms with Gasteiger partial charge in [0, 0.05) is 12.1 Å². The zero-order valence-electron chi connectivity index (χ0n) is 14.0. The van der Waals surface area contributed by atoms with Crippen LogP contribution in [-0.2, 0) is 12.8 Å². The van der Waals surface area contributed by atoms with E-state index < -0.39 is 0 Å². The fourth-order valence-electron chi connectivity index (χ4n) is 3.63. The molecule has 0 aromatic heterocycles. The number of aryl methyl sites for hydroxylation is 2. The van der Waals surface area contributed by atoms with Gasteiger partial charge in [-0.2, -0.15) is 0 Å². The summed E-state index contributed by atoms with van der Waals surface area (Å²) in [6, 6.07) is 14.9. The fraction of sp³-hybridized carbons (Fsp3) is 0.429. The molecule has 0 radical (unpaired) electrons. The molecule has 1 saturated heterocycles. The van der Waals surface area contributed by atoms with Crippen molar-refractivity contribution in [3.63, 3.8) is 0 Å². The summed E-state index contributed by atoms with van der Waals surface area (Å²) in [6.45, 7) is 0. The second kappa shape index (κ2) is 8.39. The molecule has 1 N–H and O–H groups in total.